The summed E-state index contributed by atoms with van der Waals surface area (Å²) in [5.74, 6) is -2.25. The maximum absolute atomic E-state index is 13.9. The molecule has 2 amide bonds. The van der Waals surface area contributed by atoms with Gasteiger partial charge in [-0.05, 0) is 54.8 Å². The van der Waals surface area contributed by atoms with Gasteiger partial charge >= 0.3 is 6.03 Å². The van der Waals surface area contributed by atoms with Crippen LogP contribution in [0.4, 0.5) is 18.0 Å². The fraction of sp³-hybridized carbons (Fsp3) is 0.115. The molecule has 2 N–H and O–H groups in total. The highest BCUT2D eigenvalue weighted by Crippen LogP contribution is 2.29. The van der Waals surface area contributed by atoms with E-state index in [2.05, 4.69) is 15.3 Å². The summed E-state index contributed by atoms with van der Waals surface area (Å²) in [6.45, 7) is 1.58. The van der Waals surface area contributed by atoms with Gasteiger partial charge in [-0.1, -0.05) is 24.3 Å². The van der Waals surface area contributed by atoms with Crippen molar-refractivity contribution in [1.29, 1.82) is 0 Å². The first kappa shape index (κ1) is 25.8. The van der Waals surface area contributed by atoms with Gasteiger partial charge in [0.15, 0.2) is 0 Å². The van der Waals surface area contributed by atoms with Gasteiger partial charge in [-0.25, -0.2) is 31.1 Å². The molecule has 0 unspecified atom stereocenters. The topological polar surface area (TPSA) is 101 Å². The highest BCUT2D eigenvalue weighted by atomic mass is 32.2. The number of rotatable bonds is 7. The molecule has 0 aliphatic rings. The molecule has 11 heteroatoms. The zero-order valence-electron chi connectivity index (χ0n) is 19.5. The second kappa shape index (κ2) is 10.8. The Morgan fingerprint density at radius 3 is 2.38 bits per heavy atom. The molecule has 0 aliphatic carbocycles. The number of halogens is 3. The van der Waals surface area contributed by atoms with E-state index in [1.807, 2.05) is 4.72 Å². The average molecular weight is 527 g/mol. The Kier molecular flexibility index (Phi) is 7.53. The lowest BCUT2D eigenvalue weighted by Crippen LogP contribution is -2.42. The number of hydrogen-bond acceptors (Lipinski definition) is 5. The first-order valence-electron chi connectivity index (χ1n) is 11.0. The number of sulfonamides is 1. The first-order valence-corrected chi connectivity index (χ1v) is 12.5. The lowest BCUT2D eigenvalue weighted by Gasteiger charge is -2.22. The van der Waals surface area contributed by atoms with Crippen LogP contribution < -0.4 is 10.0 Å². The predicted molar refractivity (Wildman–Crippen MR) is 130 cm³/mol. The molecule has 0 fully saturated rings. The Labute approximate surface area is 211 Å². The van der Waals surface area contributed by atoms with Gasteiger partial charge in [0, 0.05) is 29.6 Å². The van der Waals surface area contributed by atoms with E-state index in [0.717, 1.165) is 18.3 Å². The third kappa shape index (κ3) is 6.31. The summed E-state index contributed by atoms with van der Waals surface area (Å²) >= 11 is 0. The summed E-state index contributed by atoms with van der Waals surface area (Å²) in [5, 5.41) is 2.54. The van der Waals surface area contributed by atoms with E-state index in [9.17, 15) is 26.4 Å². The number of urea groups is 1. The molecule has 0 spiro atoms. The number of carbonyl (C=O) groups is 1. The van der Waals surface area contributed by atoms with Crippen molar-refractivity contribution in [3.05, 3.63) is 114 Å². The minimum atomic E-state index is -4.23. The summed E-state index contributed by atoms with van der Waals surface area (Å²) in [7, 11) is -4.23. The minimum Gasteiger partial charge on any atom is -0.329 e. The third-order valence-electron chi connectivity index (χ3n) is 5.46. The lowest BCUT2D eigenvalue weighted by molar-refractivity contribution is 0.242. The SMILES string of the molecule is Cc1ccccc1S(=O)(=O)NC(=O)N[C@@H](Cc1cc(F)cc(F)c1)c1ncccc1-c1cncc(F)c1. The Morgan fingerprint density at radius 2 is 1.68 bits per heavy atom. The van der Waals surface area contributed by atoms with Crippen LogP contribution in [0, 0.1) is 24.4 Å². The van der Waals surface area contributed by atoms with Crippen molar-refractivity contribution >= 4 is 16.1 Å². The van der Waals surface area contributed by atoms with Crippen molar-refractivity contribution < 1.29 is 26.4 Å². The number of hydrogen-bond donors (Lipinski definition) is 2. The molecular weight excluding hydrogens is 505 g/mol. The average Bonchev–Trinajstić information content (AvgIpc) is 2.83. The van der Waals surface area contributed by atoms with E-state index in [0.29, 0.717) is 22.8 Å². The van der Waals surface area contributed by atoms with E-state index in [-0.39, 0.29) is 22.6 Å². The normalized spacial score (nSPS) is 12.1. The van der Waals surface area contributed by atoms with E-state index < -0.39 is 39.5 Å². The van der Waals surface area contributed by atoms with Gasteiger partial charge < -0.3 is 5.32 Å². The predicted octanol–water partition coefficient (Wildman–Crippen LogP) is 4.84. The van der Waals surface area contributed by atoms with Crippen LogP contribution in [0.5, 0.6) is 0 Å². The molecular formula is C26H21F3N4O3S. The van der Waals surface area contributed by atoms with Crippen molar-refractivity contribution in [3.8, 4) is 11.1 Å². The minimum absolute atomic E-state index is 0.0849. The molecule has 7 nitrogen and oxygen atoms in total. The maximum atomic E-state index is 13.9. The summed E-state index contributed by atoms with van der Waals surface area (Å²) in [5.41, 5.74) is 1.55. The standard InChI is InChI=1S/C26H21F3N4O3S/c1-16-5-2-3-7-24(16)37(35,36)33-26(34)32-23(11-17-9-19(27)13-20(28)10-17)25-22(6-4-8-31-25)18-12-21(29)15-30-14-18/h2-10,12-15,23H,11H2,1H3,(H2,32,33,34)/t23-/m0/s1. The summed E-state index contributed by atoms with van der Waals surface area (Å²) in [4.78, 5) is 21.0. The van der Waals surface area contributed by atoms with Crippen LogP contribution in [0.15, 0.2) is 84.1 Å². The third-order valence-corrected chi connectivity index (χ3v) is 6.95. The zero-order valence-corrected chi connectivity index (χ0v) is 20.3. The second-order valence-corrected chi connectivity index (χ2v) is 9.86. The van der Waals surface area contributed by atoms with Gasteiger partial charge in [-0.3, -0.25) is 9.97 Å². The largest absolute Gasteiger partial charge is 0.329 e. The maximum Gasteiger partial charge on any atom is 0.329 e. The highest BCUT2D eigenvalue weighted by molar-refractivity contribution is 7.90. The van der Waals surface area contributed by atoms with Crippen molar-refractivity contribution in [2.45, 2.75) is 24.3 Å². The monoisotopic (exact) mass is 526 g/mol. The van der Waals surface area contributed by atoms with Gasteiger partial charge in [0.05, 0.1) is 22.8 Å². The zero-order chi connectivity index (χ0) is 26.6. The molecule has 0 saturated carbocycles. The number of amides is 2. The number of pyridine rings is 2. The van der Waals surface area contributed by atoms with E-state index in [4.69, 9.17) is 0 Å². The molecule has 0 radical (unpaired) electrons. The quantitative estimate of drug-likeness (QED) is 0.359. The Hall–Kier alpha value is -4.25. The Bertz CT molecular complexity index is 1540. The van der Waals surface area contributed by atoms with Crippen LogP contribution in [0.1, 0.15) is 22.9 Å². The molecule has 4 aromatic rings. The summed E-state index contributed by atoms with van der Waals surface area (Å²) in [6, 6.07) is 11.3. The van der Waals surface area contributed by atoms with Gasteiger partial charge in [-0.2, -0.15) is 0 Å². The molecule has 190 valence electrons. The number of nitrogens with zero attached hydrogens (tertiary/aromatic N) is 2. The van der Waals surface area contributed by atoms with Gasteiger partial charge in [0.25, 0.3) is 10.0 Å². The lowest BCUT2D eigenvalue weighted by atomic mass is 9.96. The van der Waals surface area contributed by atoms with Crippen LogP contribution >= 0.6 is 0 Å². The van der Waals surface area contributed by atoms with Gasteiger partial charge in [0.1, 0.15) is 17.5 Å². The van der Waals surface area contributed by atoms with E-state index in [1.54, 1.807) is 31.2 Å². The van der Waals surface area contributed by atoms with Crippen molar-refractivity contribution in [2.75, 3.05) is 0 Å². The van der Waals surface area contributed by atoms with Crippen LogP contribution in [0.2, 0.25) is 0 Å². The van der Waals surface area contributed by atoms with Crippen LogP contribution in [0.25, 0.3) is 11.1 Å². The summed E-state index contributed by atoms with van der Waals surface area (Å²) in [6.07, 6.45) is 3.69. The molecule has 2 aromatic carbocycles. The van der Waals surface area contributed by atoms with Crippen LogP contribution in [-0.4, -0.2) is 24.4 Å². The number of benzene rings is 2. The Morgan fingerprint density at radius 1 is 0.946 bits per heavy atom. The smallest absolute Gasteiger partial charge is 0.329 e. The molecule has 37 heavy (non-hydrogen) atoms. The number of carbonyl (C=O) groups excluding carboxylic acids is 1. The van der Waals surface area contributed by atoms with Crippen LogP contribution in [-0.2, 0) is 16.4 Å². The fourth-order valence-corrected chi connectivity index (χ4v) is 5.06. The fourth-order valence-electron chi connectivity index (χ4n) is 3.90. The number of aryl methyl sites for hydroxylation is 1. The van der Waals surface area contributed by atoms with Gasteiger partial charge in [0.2, 0.25) is 0 Å². The molecule has 2 heterocycles. The van der Waals surface area contributed by atoms with E-state index in [1.165, 1.54) is 30.6 Å². The van der Waals surface area contributed by atoms with Gasteiger partial charge in [-0.15, -0.1) is 0 Å². The molecule has 1 atom stereocenters. The number of nitrogens with one attached hydrogen (secondary N) is 2. The molecule has 2 aromatic heterocycles. The van der Waals surface area contributed by atoms with Crippen molar-refractivity contribution in [3.63, 3.8) is 0 Å². The second-order valence-electron chi connectivity index (χ2n) is 8.21. The molecule has 0 bridgehead atoms. The Balaban J connectivity index is 1.71. The van der Waals surface area contributed by atoms with E-state index >= 15 is 0 Å². The van der Waals surface area contributed by atoms with Crippen LogP contribution in [0.3, 0.4) is 0 Å². The van der Waals surface area contributed by atoms with Crippen molar-refractivity contribution in [1.82, 2.24) is 20.0 Å². The highest BCUT2D eigenvalue weighted by Gasteiger charge is 2.25. The summed E-state index contributed by atoms with van der Waals surface area (Å²) < 4.78 is 69.3. The molecule has 0 saturated heterocycles. The first-order chi connectivity index (χ1) is 17.6. The number of aromatic nitrogens is 2. The molecule has 4 rings (SSSR count). The molecule has 0 aliphatic heterocycles. The van der Waals surface area contributed by atoms with Crippen molar-refractivity contribution in [2.24, 2.45) is 0 Å².